The number of amides is 1. The number of alkyl halides is 1. The van der Waals surface area contributed by atoms with Crippen LogP contribution >= 0.6 is 11.6 Å². The molecule has 1 saturated heterocycles. The fraction of sp³-hybridized carbons (Fsp3) is 0.500. The lowest BCUT2D eigenvalue weighted by Crippen LogP contribution is -2.30. The zero-order valence-electron chi connectivity index (χ0n) is 10.6. The lowest BCUT2D eigenvalue weighted by molar-refractivity contribution is -0.128. The van der Waals surface area contributed by atoms with Crippen LogP contribution in [0.2, 0.25) is 0 Å². The number of hydrogen-bond acceptors (Lipinski definition) is 2. The van der Waals surface area contributed by atoms with Crippen molar-refractivity contribution in [2.45, 2.75) is 13.3 Å². The van der Waals surface area contributed by atoms with E-state index in [1.54, 1.807) is 0 Å². The van der Waals surface area contributed by atoms with Crippen LogP contribution in [0, 0.1) is 12.8 Å². The van der Waals surface area contributed by atoms with Gasteiger partial charge >= 0.3 is 0 Å². The Hall–Kier alpha value is -1.22. The summed E-state index contributed by atoms with van der Waals surface area (Å²) in [6.07, 6.45) is 0.577. The van der Waals surface area contributed by atoms with E-state index in [-0.39, 0.29) is 5.91 Å². The second-order valence-electron chi connectivity index (χ2n) is 4.68. The van der Waals surface area contributed by atoms with Gasteiger partial charge in [0.2, 0.25) is 5.91 Å². The first-order valence-electron chi connectivity index (χ1n) is 6.23. The summed E-state index contributed by atoms with van der Waals surface area (Å²) < 4.78 is 5.69. The summed E-state index contributed by atoms with van der Waals surface area (Å²) >= 11 is 5.78. The van der Waals surface area contributed by atoms with E-state index < -0.39 is 0 Å². The van der Waals surface area contributed by atoms with Crippen LogP contribution in [0.4, 0.5) is 0 Å². The number of carbonyl (C=O) groups excluding carboxylic acids is 1. The predicted octanol–water partition coefficient (Wildman–Crippen LogP) is 2.46. The number of halogens is 1. The highest BCUT2D eigenvalue weighted by Crippen LogP contribution is 2.19. The molecular formula is C14H18ClNO2. The van der Waals surface area contributed by atoms with Gasteiger partial charge in [0.1, 0.15) is 12.4 Å². The molecule has 18 heavy (non-hydrogen) atoms. The third-order valence-corrected chi connectivity index (χ3v) is 3.66. The van der Waals surface area contributed by atoms with Crippen molar-refractivity contribution >= 4 is 17.5 Å². The average molecular weight is 268 g/mol. The van der Waals surface area contributed by atoms with Gasteiger partial charge in [0, 0.05) is 18.8 Å². The molecule has 2 rings (SSSR count). The molecule has 0 spiro atoms. The lowest BCUT2D eigenvalue weighted by atomic mass is 10.2. The van der Waals surface area contributed by atoms with E-state index in [0.717, 1.165) is 17.9 Å². The Morgan fingerprint density at radius 2 is 2.22 bits per heavy atom. The predicted molar refractivity (Wildman–Crippen MR) is 72.1 cm³/mol. The summed E-state index contributed by atoms with van der Waals surface area (Å²) in [7, 11) is 0. The smallest absolute Gasteiger partial charge is 0.223 e. The molecule has 1 aliphatic rings. The minimum Gasteiger partial charge on any atom is -0.491 e. The van der Waals surface area contributed by atoms with Crippen molar-refractivity contribution in [3.05, 3.63) is 29.8 Å². The van der Waals surface area contributed by atoms with Crippen LogP contribution in [-0.2, 0) is 4.79 Å². The molecule has 1 fully saturated rings. The van der Waals surface area contributed by atoms with Crippen molar-refractivity contribution in [2.75, 3.05) is 25.6 Å². The van der Waals surface area contributed by atoms with E-state index in [9.17, 15) is 4.79 Å². The number of aryl methyl sites for hydroxylation is 1. The average Bonchev–Trinajstić information content (AvgIpc) is 2.73. The standard InChI is InChI=1S/C14H18ClNO2/c1-11-4-2-3-5-13(11)18-7-6-16-10-12(9-15)8-14(16)17/h2-5,12H,6-10H2,1H3. The number of ether oxygens (including phenoxy) is 1. The molecule has 0 bridgehead atoms. The van der Waals surface area contributed by atoms with E-state index in [1.165, 1.54) is 0 Å². The second-order valence-corrected chi connectivity index (χ2v) is 4.99. The Morgan fingerprint density at radius 3 is 2.89 bits per heavy atom. The largest absolute Gasteiger partial charge is 0.491 e. The fourth-order valence-corrected chi connectivity index (χ4v) is 2.36. The number of nitrogens with zero attached hydrogens (tertiary/aromatic N) is 1. The molecular weight excluding hydrogens is 250 g/mol. The van der Waals surface area contributed by atoms with Crippen molar-refractivity contribution in [3.63, 3.8) is 0 Å². The normalized spacial score (nSPS) is 19.3. The van der Waals surface area contributed by atoms with Gasteiger partial charge in [-0.2, -0.15) is 0 Å². The van der Waals surface area contributed by atoms with Crippen molar-refractivity contribution in [1.82, 2.24) is 4.90 Å². The van der Waals surface area contributed by atoms with Gasteiger partial charge in [-0.25, -0.2) is 0 Å². The molecule has 0 aliphatic carbocycles. The second kappa shape index (κ2) is 6.10. The highest BCUT2D eigenvalue weighted by Gasteiger charge is 2.28. The van der Waals surface area contributed by atoms with E-state index in [1.807, 2.05) is 36.1 Å². The number of carbonyl (C=O) groups is 1. The maximum absolute atomic E-state index is 11.7. The lowest BCUT2D eigenvalue weighted by Gasteiger charge is -2.17. The highest BCUT2D eigenvalue weighted by molar-refractivity contribution is 6.18. The maximum Gasteiger partial charge on any atom is 0.223 e. The first-order chi connectivity index (χ1) is 8.70. The minimum atomic E-state index is 0.189. The van der Waals surface area contributed by atoms with Crippen LogP contribution < -0.4 is 4.74 Å². The number of benzene rings is 1. The first kappa shape index (κ1) is 13.2. The Labute approximate surface area is 113 Å². The van der Waals surface area contributed by atoms with E-state index >= 15 is 0 Å². The zero-order valence-corrected chi connectivity index (χ0v) is 11.3. The molecule has 0 N–H and O–H groups in total. The summed E-state index contributed by atoms with van der Waals surface area (Å²) in [6, 6.07) is 7.90. The molecule has 1 heterocycles. The highest BCUT2D eigenvalue weighted by atomic mass is 35.5. The molecule has 4 heteroatoms. The van der Waals surface area contributed by atoms with Gasteiger partial charge in [0.05, 0.1) is 6.54 Å². The summed E-state index contributed by atoms with van der Waals surface area (Å²) in [5, 5.41) is 0. The van der Waals surface area contributed by atoms with Crippen LogP contribution in [0.5, 0.6) is 5.75 Å². The van der Waals surface area contributed by atoms with Gasteiger partial charge in [0.15, 0.2) is 0 Å². The van der Waals surface area contributed by atoms with Gasteiger partial charge in [-0.15, -0.1) is 11.6 Å². The Kier molecular flexibility index (Phi) is 4.48. The van der Waals surface area contributed by atoms with E-state index in [2.05, 4.69) is 0 Å². The van der Waals surface area contributed by atoms with Crippen molar-refractivity contribution in [1.29, 1.82) is 0 Å². The van der Waals surface area contributed by atoms with Gasteiger partial charge < -0.3 is 9.64 Å². The Balaban J connectivity index is 1.79. The molecule has 98 valence electrons. The number of hydrogen-bond donors (Lipinski definition) is 0. The molecule has 1 unspecified atom stereocenters. The molecule has 0 radical (unpaired) electrons. The minimum absolute atomic E-state index is 0.189. The molecule has 0 saturated carbocycles. The molecule has 0 aromatic heterocycles. The molecule has 1 aromatic carbocycles. The quantitative estimate of drug-likeness (QED) is 0.767. The van der Waals surface area contributed by atoms with Gasteiger partial charge in [0.25, 0.3) is 0 Å². The van der Waals surface area contributed by atoms with Gasteiger partial charge in [-0.05, 0) is 24.5 Å². The van der Waals surface area contributed by atoms with E-state index in [0.29, 0.717) is 31.4 Å². The number of rotatable bonds is 5. The van der Waals surface area contributed by atoms with Crippen LogP contribution in [0.1, 0.15) is 12.0 Å². The van der Waals surface area contributed by atoms with Crippen molar-refractivity contribution in [3.8, 4) is 5.75 Å². The van der Waals surface area contributed by atoms with Crippen LogP contribution in [-0.4, -0.2) is 36.4 Å². The number of para-hydroxylation sites is 1. The third-order valence-electron chi connectivity index (χ3n) is 3.23. The van der Waals surface area contributed by atoms with Gasteiger partial charge in [-0.3, -0.25) is 4.79 Å². The SMILES string of the molecule is Cc1ccccc1OCCN1CC(CCl)CC1=O. The van der Waals surface area contributed by atoms with Crippen molar-refractivity contribution in [2.24, 2.45) is 5.92 Å². The van der Waals surface area contributed by atoms with Crippen LogP contribution in [0.3, 0.4) is 0 Å². The Bertz CT molecular complexity index is 422. The van der Waals surface area contributed by atoms with Gasteiger partial charge in [-0.1, -0.05) is 18.2 Å². The first-order valence-corrected chi connectivity index (χ1v) is 6.76. The monoisotopic (exact) mass is 267 g/mol. The molecule has 1 aliphatic heterocycles. The topological polar surface area (TPSA) is 29.5 Å². The van der Waals surface area contributed by atoms with E-state index in [4.69, 9.17) is 16.3 Å². The summed E-state index contributed by atoms with van der Waals surface area (Å²) in [6.45, 7) is 3.95. The summed E-state index contributed by atoms with van der Waals surface area (Å²) in [5.41, 5.74) is 1.11. The molecule has 1 atom stereocenters. The van der Waals surface area contributed by atoms with Crippen molar-refractivity contribution < 1.29 is 9.53 Å². The maximum atomic E-state index is 11.7. The molecule has 1 amide bonds. The third kappa shape index (κ3) is 3.16. The Morgan fingerprint density at radius 1 is 1.44 bits per heavy atom. The summed E-state index contributed by atoms with van der Waals surface area (Å²) in [4.78, 5) is 13.5. The number of likely N-dealkylation sites (tertiary alicyclic amines) is 1. The molecule has 3 nitrogen and oxygen atoms in total. The van der Waals surface area contributed by atoms with Crippen LogP contribution in [0.25, 0.3) is 0 Å². The molecule has 1 aromatic rings. The van der Waals surface area contributed by atoms with Crippen LogP contribution in [0.15, 0.2) is 24.3 Å². The fourth-order valence-electron chi connectivity index (χ4n) is 2.16. The zero-order chi connectivity index (χ0) is 13.0. The summed E-state index contributed by atoms with van der Waals surface area (Å²) in [5.74, 6) is 1.94.